The van der Waals surface area contributed by atoms with Gasteiger partial charge in [0.15, 0.2) is 5.58 Å². The molecule has 220 valence electrons. The first-order valence-corrected chi connectivity index (χ1v) is 15.9. The molecule has 2 aromatic heterocycles. The lowest BCUT2D eigenvalue weighted by atomic mass is 9.95. The van der Waals surface area contributed by atoms with Gasteiger partial charge in [-0.05, 0) is 58.1 Å². The fourth-order valence-corrected chi connectivity index (χ4v) is 7.41. The maximum Gasteiger partial charge on any atom is 0.159 e. The largest absolute Gasteiger partial charge is 0.456 e. The van der Waals surface area contributed by atoms with Crippen LogP contribution in [-0.2, 0) is 0 Å². The van der Waals surface area contributed by atoms with Gasteiger partial charge in [0.25, 0.3) is 0 Å². The van der Waals surface area contributed by atoms with Crippen LogP contribution in [0.1, 0.15) is 0 Å². The third kappa shape index (κ3) is 3.87. The van der Waals surface area contributed by atoms with E-state index >= 15 is 0 Å². The molecule has 47 heavy (non-hydrogen) atoms. The molecule has 10 rings (SSSR count). The van der Waals surface area contributed by atoms with Gasteiger partial charge in [0.05, 0.1) is 17.1 Å². The molecule has 10 aromatic rings. The van der Waals surface area contributed by atoms with E-state index in [1.54, 1.807) is 0 Å². The Morgan fingerprint density at radius 2 is 0.915 bits per heavy atom. The van der Waals surface area contributed by atoms with Gasteiger partial charge in [0, 0.05) is 32.5 Å². The Morgan fingerprint density at radius 3 is 1.79 bits per heavy atom. The highest BCUT2D eigenvalue weighted by Gasteiger charge is 2.25. The highest BCUT2D eigenvalue weighted by molar-refractivity contribution is 6.19. The fraction of sp³-hybridized carbons (Fsp3) is 0. The molecule has 0 spiro atoms. The van der Waals surface area contributed by atoms with E-state index in [0.29, 0.717) is 0 Å². The van der Waals surface area contributed by atoms with E-state index in [-0.39, 0.29) is 0 Å². The lowest BCUT2D eigenvalue weighted by Gasteiger charge is -2.29. The van der Waals surface area contributed by atoms with Gasteiger partial charge >= 0.3 is 0 Å². The van der Waals surface area contributed by atoms with Crippen LogP contribution in [0.4, 0.5) is 17.1 Å². The van der Waals surface area contributed by atoms with Crippen molar-refractivity contribution in [1.29, 1.82) is 0 Å². The number of anilines is 3. The number of rotatable bonds is 4. The minimum absolute atomic E-state index is 0.854. The lowest BCUT2D eigenvalue weighted by molar-refractivity contribution is 0.668. The number of hydrogen-bond acceptors (Lipinski definition) is 3. The van der Waals surface area contributed by atoms with Crippen LogP contribution >= 0.6 is 0 Å². The number of furan rings is 2. The van der Waals surface area contributed by atoms with Crippen molar-refractivity contribution >= 4 is 82.5 Å². The van der Waals surface area contributed by atoms with Crippen LogP contribution in [0.5, 0.6) is 0 Å². The molecular formula is C44H27NO2. The fourth-order valence-electron chi connectivity index (χ4n) is 7.41. The summed E-state index contributed by atoms with van der Waals surface area (Å²) in [7, 11) is 0. The standard InChI is InChI=1S/C44H27NO2/c1-2-14-29-28(13-1)27-39(31-16-4-3-15-30(29)31)45(38-23-11-21-35-33-18-6-9-24-40(33)47-44(35)38)37-22-8-5-17-32(37)34-20-12-26-42-43(34)36-19-7-10-25-41(36)46-42/h1-27H. The van der Waals surface area contributed by atoms with Gasteiger partial charge in [-0.3, -0.25) is 0 Å². The second-order valence-electron chi connectivity index (χ2n) is 12.0. The number of nitrogens with zero attached hydrogens (tertiary/aromatic N) is 1. The molecule has 0 aliphatic heterocycles. The zero-order chi connectivity index (χ0) is 30.9. The van der Waals surface area contributed by atoms with Gasteiger partial charge in [-0.15, -0.1) is 0 Å². The first kappa shape index (κ1) is 26.0. The van der Waals surface area contributed by atoms with Crippen molar-refractivity contribution in [3.05, 3.63) is 164 Å². The zero-order valence-electron chi connectivity index (χ0n) is 25.4. The van der Waals surface area contributed by atoms with Crippen molar-refractivity contribution in [1.82, 2.24) is 0 Å². The molecule has 0 bridgehead atoms. The number of benzene rings is 8. The van der Waals surface area contributed by atoms with Gasteiger partial charge < -0.3 is 13.7 Å². The normalized spacial score (nSPS) is 11.8. The molecule has 3 heteroatoms. The van der Waals surface area contributed by atoms with E-state index in [0.717, 1.165) is 72.1 Å². The Morgan fingerprint density at radius 1 is 0.340 bits per heavy atom. The molecule has 8 aromatic carbocycles. The van der Waals surface area contributed by atoms with Gasteiger partial charge in [0.2, 0.25) is 0 Å². The number of para-hydroxylation sites is 4. The van der Waals surface area contributed by atoms with Crippen molar-refractivity contribution in [2.75, 3.05) is 4.90 Å². The second-order valence-corrected chi connectivity index (χ2v) is 12.0. The Bertz CT molecular complexity index is 2820. The van der Waals surface area contributed by atoms with E-state index in [1.165, 1.54) is 21.5 Å². The molecule has 0 radical (unpaired) electrons. The molecule has 0 fully saturated rings. The summed E-state index contributed by atoms with van der Waals surface area (Å²) in [5.74, 6) is 0. The number of fused-ring (bicyclic) bond motifs is 9. The van der Waals surface area contributed by atoms with Crippen molar-refractivity contribution < 1.29 is 8.83 Å². The van der Waals surface area contributed by atoms with Crippen molar-refractivity contribution in [3.8, 4) is 11.1 Å². The quantitative estimate of drug-likeness (QED) is 0.188. The summed E-state index contributed by atoms with van der Waals surface area (Å²) < 4.78 is 13.1. The maximum absolute atomic E-state index is 6.71. The van der Waals surface area contributed by atoms with Crippen molar-refractivity contribution in [2.45, 2.75) is 0 Å². The smallest absolute Gasteiger partial charge is 0.159 e. The molecule has 3 nitrogen and oxygen atoms in total. The van der Waals surface area contributed by atoms with Crippen LogP contribution in [0.3, 0.4) is 0 Å². The minimum Gasteiger partial charge on any atom is -0.456 e. The van der Waals surface area contributed by atoms with E-state index in [2.05, 4.69) is 144 Å². The maximum atomic E-state index is 6.71. The Hall–Kier alpha value is -6.32. The van der Waals surface area contributed by atoms with Crippen molar-refractivity contribution in [3.63, 3.8) is 0 Å². The van der Waals surface area contributed by atoms with E-state index < -0.39 is 0 Å². The SMILES string of the molecule is c1ccc(N(c2cc3ccccc3c3ccccc23)c2cccc3c2oc2ccccc23)c(-c2cccc3oc4ccccc4c23)c1. The topological polar surface area (TPSA) is 29.5 Å². The van der Waals surface area contributed by atoms with Crippen LogP contribution in [-0.4, -0.2) is 0 Å². The Labute approximate surface area is 270 Å². The van der Waals surface area contributed by atoms with Gasteiger partial charge in [-0.1, -0.05) is 127 Å². The predicted octanol–water partition coefficient (Wildman–Crippen LogP) is 12.9. The van der Waals surface area contributed by atoms with Gasteiger partial charge in [-0.25, -0.2) is 0 Å². The highest BCUT2D eigenvalue weighted by Crippen LogP contribution is 2.49. The van der Waals surface area contributed by atoms with Crippen molar-refractivity contribution in [2.24, 2.45) is 0 Å². The summed E-state index contributed by atoms with van der Waals surface area (Å²) in [5, 5.41) is 9.21. The Kier molecular flexibility index (Phi) is 5.57. The molecule has 0 atom stereocenters. The van der Waals surface area contributed by atoms with Crippen LogP contribution in [0, 0.1) is 0 Å². The first-order chi connectivity index (χ1) is 23.3. The highest BCUT2D eigenvalue weighted by atomic mass is 16.3. The van der Waals surface area contributed by atoms with Crippen LogP contribution in [0.2, 0.25) is 0 Å². The molecule has 0 amide bonds. The third-order valence-corrected chi connectivity index (χ3v) is 9.45. The molecule has 0 saturated carbocycles. The average Bonchev–Trinajstić information content (AvgIpc) is 3.71. The molecular weight excluding hydrogens is 574 g/mol. The van der Waals surface area contributed by atoms with Crippen LogP contribution in [0.25, 0.3) is 76.5 Å². The first-order valence-electron chi connectivity index (χ1n) is 15.9. The summed E-state index contributed by atoms with van der Waals surface area (Å²) in [5.41, 5.74) is 8.84. The molecule has 0 N–H and O–H groups in total. The molecule has 0 unspecified atom stereocenters. The Balaban J connectivity index is 1.35. The van der Waals surface area contributed by atoms with Crippen LogP contribution < -0.4 is 4.90 Å². The average molecular weight is 602 g/mol. The van der Waals surface area contributed by atoms with Gasteiger partial charge in [0.1, 0.15) is 16.7 Å². The summed E-state index contributed by atoms with van der Waals surface area (Å²) >= 11 is 0. The summed E-state index contributed by atoms with van der Waals surface area (Å²) in [6, 6.07) is 57.8. The second kappa shape index (κ2) is 10.1. The monoisotopic (exact) mass is 601 g/mol. The molecule has 0 saturated heterocycles. The predicted molar refractivity (Wildman–Crippen MR) is 196 cm³/mol. The summed E-state index contributed by atoms with van der Waals surface area (Å²) in [6.07, 6.45) is 0. The van der Waals surface area contributed by atoms with Crippen LogP contribution in [0.15, 0.2) is 173 Å². The lowest BCUT2D eigenvalue weighted by Crippen LogP contribution is -2.12. The summed E-state index contributed by atoms with van der Waals surface area (Å²) in [4.78, 5) is 2.40. The van der Waals surface area contributed by atoms with E-state index in [9.17, 15) is 0 Å². The van der Waals surface area contributed by atoms with E-state index in [4.69, 9.17) is 8.83 Å². The van der Waals surface area contributed by atoms with Gasteiger partial charge in [-0.2, -0.15) is 0 Å². The zero-order valence-corrected chi connectivity index (χ0v) is 25.4. The molecule has 0 aliphatic carbocycles. The third-order valence-electron chi connectivity index (χ3n) is 9.45. The number of hydrogen-bond donors (Lipinski definition) is 0. The molecule has 0 aliphatic rings. The summed E-state index contributed by atoms with van der Waals surface area (Å²) in [6.45, 7) is 0. The minimum atomic E-state index is 0.854. The van der Waals surface area contributed by atoms with E-state index in [1.807, 2.05) is 24.3 Å². The molecule has 2 heterocycles.